The molecular weight excluding hydrogens is 566 g/mol. The Morgan fingerprint density at radius 1 is 0.462 bits per heavy atom. The van der Waals surface area contributed by atoms with E-state index >= 15 is 0 Å². The molecule has 1 radical (unpaired) electrons. The summed E-state index contributed by atoms with van der Waals surface area (Å²) < 4.78 is 0.853. The molecule has 3 rings (SSSR count). The van der Waals surface area contributed by atoms with Crippen molar-refractivity contribution in [2.45, 2.75) is 47.0 Å². The summed E-state index contributed by atoms with van der Waals surface area (Å²) in [5.74, 6) is 1.93. The quantitative estimate of drug-likeness (QED) is 0.298. The first-order chi connectivity index (χ1) is 11.8. The van der Waals surface area contributed by atoms with Crippen LogP contribution in [0.2, 0.25) is 5.45 Å². The average Bonchev–Trinajstić information content (AvgIpc) is 3.30. The van der Waals surface area contributed by atoms with Crippen molar-refractivity contribution in [2.24, 2.45) is 17.8 Å². The summed E-state index contributed by atoms with van der Waals surface area (Å²) in [5.41, 5.74) is 0. The molecule has 0 heterocycles. The van der Waals surface area contributed by atoms with Gasteiger partial charge in [0.1, 0.15) is 0 Å². The van der Waals surface area contributed by atoms with Gasteiger partial charge in [-0.25, -0.2) is 0 Å². The second kappa shape index (κ2) is 8.68. The summed E-state index contributed by atoms with van der Waals surface area (Å²) in [6.45, 7) is 14.7. The molecule has 0 saturated carbocycles. The van der Waals surface area contributed by atoms with Crippen molar-refractivity contribution in [1.29, 1.82) is 0 Å². The van der Waals surface area contributed by atoms with Crippen LogP contribution in [-0.2, 0) is 0 Å². The second-order valence-corrected chi connectivity index (χ2v) is 21.2. The van der Waals surface area contributed by atoms with E-state index in [4.69, 9.17) is 0 Å². The zero-order valence-corrected chi connectivity index (χ0v) is 24.6. The third-order valence-corrected chi connectivity index (χ3v) is 26.5. The van der Waals surface area contributed by atoms with E-state index in [2.05, 4.69) is 114 Å². The van der Waals surface area contributed by atoms with Gasteiger partial charge in [0.15, 0.2) is 0 Å². The van der Waals surface area contributed by atoms with Gasteiger partial charge in [0, 0.05) is 35.6 Å². The van der Waals surface area contributed by atoms with Crippen molar-refractivity contribution in [3.8, 4) is 0 Å². The summed E-state index contributed by atoms with van der Waals surface area (Å²) >= 11 is -2.66. The molecule has 0 atom stereocenters. The van der Waals surface area contributed by atoms with Crippen LogP contribution in [0.5, 0.6) is 0 Å². The Bertz CT molecular complexity index is 552. The van der Waals surface area contributed by atoms with E-state index < -0.39 is 30.0 Å². The van der Waals surface area contributed by atoms with Crippen LogP contribution in [0.4, 0.5) is 0 Å². The molecule has 0 spiro atoms. The van der Waals surface area contributed by atoms with Crippen molar-refractivity contribution in [3.63, 3.8) is 0 Å². The maximum Gasteiger partial charge on any atom is 0 e. The average molecular weight is 599 g/mol. The summed E-state index contributed by atoms with van der Waals surface area (Å²) in [4.78, 5) is 0. The van der Waals surface area contributed by atoms with Gasteiger partial charge in [0.2, 0.25) is 0 Å². The third-order valence-electron chi connectivity index (χ3n) is 7.14. The molecule has 0 saturated heterocycles. The van der Waals surface area contributed by atoms with Gasteiger partial charge in [0.25, 0.3) is 0 Å². The van der Waals surface area contributed by atoms with Gasteiger partial charge in [0.05, 0.1) is 0 Å². The van der Waals surface area contributed by atoms with Crippen LogP contribution in [0, 0.1) is 83.3 Å². The van der Waals surface area contributed by atoms with Crippen molar-refractivity contribution >= 4 is 0 Å². The van der Waals surface area contributed by atoms with E-state index in [1.54, 1.807) is 0 Å². The van der Waals surface area contributed by atoms with Crippen molar-refractivity contribution in [3.05, 3.63) is 72.9 Å². The molecule has 0 fully saturated rings. The fourth-order valence-electron chi connectivity index (χ4n) is 5.53. The van der Waals surface area contributed by atoms with Gasteiger partial charge in [-0.3, -0.25) is 0 Å². The summed E-state index contributed by atoms with van der Waals surface area (Å²) in [6, 6.07) is 0. The molecule has 0 bridgehead atoms. The Labute approximate surface area is 200 Å². The minimum atomic E-state index is -2.66. The fourth-order valence-corrected chi connectivity index (χ4v) is 25.7. The van der Waals surface area contributed by atoms with Gasteiger partial charge < -0.3 is 0 Å². The first-order valence-corrected chi connectivity index (χ1v) is 15.4. The standard InChI is InChI=1S/3C8H11.2La/c3*1-7(2)8-5-3-4-6-8;;/h3*3-7H,1-2H3;;. The molecule has 3 aliphatic rings. The van der Waals surface area contributed by atoms with E-state index in [-0.39, 0.29) is 41.1 Å². The van der Waals surface area contributed by atoms with Crippen LogP contribution >= 0.6 is 0 Å². The Morgan fingerprint density at radius 2 is 0.654 bits per heavy atom. The Hall–Kier alpha value is 0.830. The maximum absolute atomic E-state index is 2.66. The molecule has 3 aliphatic carbocycles. The molecule has 0 aromatic carbocycles. The van der Waals surface area contributed by atoms with Crippen LogP contribution in [0.1, 0.15) is 41.5 Å². The molecular formula is C24H33La2. The van der Waals surface area contributed by atoms with Crippen LogP contribution in [0.15, 0.2) is 72.9 Å². The minimum Gasteiger partial charge on any atom is 0 e. The van der Waals surface area contributed by atoms with Gasteiger partial charge in [-0.05, 0) is 0 Å². The summed E-state index contributed by atoms with van der Waals surface area (Å²) in [7, 11) is 0. The molecule has 0 aromatic heterocycles. The van der Waals surface area contributed by atoms with E-state index in [0.29, 0.717) is 17.8 Å². The molecule has 135 valence electrons. The predicted molar refractivity (Wildman–Crippen MR) is 107 cm³/mol. The van der Waals surface area contributed by atoms with Crippen molar-refractivity contribution in [1.82, 2.24) is 0 Å². The molecule has 0 N–H and O–H groups in total. The van der Waals surface area contributed by atoms with Crippen LogP contribution in [-0.4, -0.2) is 0 Å². The molecule has 0 aromatic rings. The topological polar surface area (TPSA) is 0 Å². The molecule has 0 nitrogen and oxygen atoms in total. The third kappa shape index (κ3) is 3.46. The van der Waals surface area contributed by atoms with E-state index in [1.165, 1.54) is 0 Å². The first-order valence-electron chi connectivity index (χ1n) is 9.93. The molecule has 0 amide bonds. The zero-order valence-electron chi connectivity index (χ0n) is 17.3. The van der Waals surface area contributed by atoms with E-state index in [1.807, 2.05) is 0 Å². The summed E-state index contributed by atoms with van der Waals surface area (Å²) in [6.07, 6.45) is 29.4. The van der Waals surface area contributed by atoms with Crippen LogP contribution in [0.25, 0.3) is 0 Å². The minimum absolute atomic E-state index is 0. The molecule has 2 heteroatoms. The predicted octanol–water partition coefficient (Wildman–Crippen LogP) is 7.43. The monoisotopic (exact) mass is 599 g/mol. The zero-order chi connectivity index (χ0) is 18.3. The Kier molecular flexibility index (Phi) is 7.72. The molecule has 26 heavy (non-hydrogen) atoms. The molecule has 0 aliphatic heterocycles. The summed E-state index contributed by atoms with van der Waals surface area (Å²) in [5, 5.41) is 0. The van der Waals surface area contributed by atoms with Crippen LogP contribution in [0.3, 0.4) is 0 Å². The number of rotatable bonds is 6. The largest absolute Gasteiger partial charge is 0 e. The first kappa shape index (κ1) is 23.1. The normalized spacial score (nSPS) is 23.0. The van der Waals surface area contributed by atoms with Gasteiger partial charge in [-0.1, -0.05) is 0 Å². The Morgan fingerprint density at radius 3 is 0.808 bits per heavy atom. The fraction of sp³-hybridized carbons (Fsp3) is 0.500. The maximum atomic E-state index is 2.58. The van der Waals surface area contributed by atoms with Gasteiger partial charge in [-0.2, -0.15) is 0 Å². The van der Waals surface area contributed by atoms with E-state index in [9.17, 15) is 0 Å². The van der Waals surface area contributed by atoms with E-state index in [0.717, 1.165) is 0 Å². The van der Waals surface area contributed by atoms with Gasteiger partial charge in [-0.15, -0.1) is 0 Å². The van der Waals surface area contributed by atoms with Crippen molar-refractivity contribution < 1.29 is 65.6 Å². The van der Waals surface area contributed by atoms with Crippen LogP contribution < -0.4 is 0 Å². The van der Waals surface area contributed by atoms with Gasteiger partial charge >= 0.3 is 168 Å². The number of hydrogen-bond acceptors (Lipinski definition) is 0. The van der Waals surface area contributed by atoms with Crippen molar-refractivity contribution in [2.75, 3.05) is 0 Å². The second-order valence-electron chi connectivity index (χ2n) is 9.05. The molecule has 0 unspecified atom stereocenters. The number of hydrogen-bond donors (Lipinski definition) is 0. The SMILES string of the molecule is CC(C)[C]1([La]([C]2(C(C)C)C=CC=C2)[C]2(C(C)C)C=CC=C2)C=CC=C1.[La]. The smallest absolute Gasteiger partial charge is 0 e. The Balaban J connectivity index is 0.00000243. The number of allylic oxidation sites excluding steroid dienone is 12.